The van der Waals surface area contributed by atoms with Crippen LogP contribution < -0.4 is 10.3 Å². The minimum atomic E-state index is -0.217. The molecule has 1 aromatic carbocycles. The molecule has 6 rings (SSSR count). The number of hydrogen-bond acceptors (Lipinski definition) is 5. The summed E-state index contributed by atoms with van der Waals surface area (Å²) in [7, 11) is 1.78. The summed E-state index contributed by atoms with van der Waals surface area (Å²) in [5.74, 6) is 0.416. The van der Waals surface area contributed by atoms with E-state index in [0.29, 0.717) is 28.9 Å². The zero-order valence-corrected chi connectivity index (χ0v) is 18.8. The second-order valence-electron chi connectivity index (χ2n) is 9.74. The summed E-state index contributed by atoms with van der Waals surface area (Å²) in [4.78, 5) is 15.2. The highest BCUT2D eigenvalue weighted by atomic mass is 19.1. The molecule has 0 atom stereocenters. The summed E-state index contributed by atoms with van der Waals surface area (Å²) in [5.41, 5.74) is 2.62. The first-order valence-corrected chi connectivity index (χ1v) is 11.4. The number of rotatable bonds is 5. The molecular weight excluding hydrogens is 421 g/mol. The highest BCUT2D eigenvalue weighted by Crippen LogP contribution is 2.49. The van der Waals surface area contributed by atoms with Gasteiger partial charge in [0.2, 0.25) is 0 Å². The summed E-state index contributed by atoms with van der Waals surface area (Å²) in [6, 6.07) is 9.65. The van der Waals surface area contributed by atoms with Crippen molar-refractivity contribution < 1.29 is 9.13 Å². The number of pyridine rings is 2. The topological polar surface area (TPSA) is 64.7 Å². The Morgan fingerprint density at radius 1 is 1.24 bits per heavy atom. The fourth-order valence-corrected chi connectivity index (χ4v) is 5.55. The molecule has 8 heteroatoms. The molecule has 33 heavy (non-hydrogen) atoms. The number of aromatic nitrogens is 4. The SMILES string of the molecule is Cc1cccc2cc(OC3CC4(C3)CN(CCc3cc5nncn5cc3F)C4)n(C)c(=O)c12. The van der Waals surface area contributed by atoms with Crippen molar-refractivity contribution in [2.24, 2.45) is 12.5 Å². The average Bonchev–Trinajstić information content (AvgIpc) is 3.18. The number of halogens is 1. The van der Waals surface area contributed by atoms with Crippen molar-refractivity contribution in [1.29, 1.82) is 0 Å². The third-order valence-electron chi connectivity index (χ3n) is 7.32. The van der Waals surface area contributed by atoms with E-state index in [1.807, 2.05) is 31.2 Å². The molecule has 4 aromatic rings. The predicted molar refractivity (Wildman–Crippen MR) is 123 cm³/mol. The van der Waals surface area contributed by atoms with Crippen LogP contribution in [-0.4, -0.2) is 49.8 Å². The van der Waals surface area contributed by atoms with E-state index < -0.39 is 0 Å². The summed E-state index contributed by atoms with van der Waals surface area (Å²) < 4.78 is 23.8. The van der Waals surface area contributed by atoms with Crippen molar-refractivity contribution in [3.05, 3.63) is 70.2 Å². The Kier molecular flexibility index (Phi) is 4.55. The summed E-state index contributed by atoms with van der Waals surface area (Å²) in [6.07, 6.45) is 5.72. The second-order valence-corrected chi connectivity index (χ2v) is 9.74. The Balaban J connectivity index is 1.05. The van der Waals surface area contributed by atoms with Gasteiger partial charge in [-0.05, 0) is 48.8 Å². The quantitative estimate of drug-likeness (QED) is 0.470. The van der Waals surface area contributed by atoms with Gasteiger partial charge in [-0.1, -0.05) is 18.2 Å². The van der Waals surface area contributed by atoms with E-state index >= 15 is 0 Å². The number of fused-ring (bicyclic) bond motifs is 2. The van der Waals surface area contributed by atoms with Gasteiger partial charge in [0.1, 0.15) is 18.2 Å². The van der Waals surface area contributed by atoms with Gasteiger partial charge >= 0.3 is 0 Å². The van der Waals surface area contributed by atoms with Crippen LogP contribution in [0.3, 0.4) is 0 Å². The number of likely N-dealkylation sites (tertiary alicyclic amines) is 1. The fraction of sp³-hybridized carbons (Fsp3) is 0.400. The first-order chi connectivity index (χ1) is 15.9. The molecule has 2 aliphatic rings. The van der Waals surface area contributed by atoms with Crippen molar-refractivity contribution in [2.45, 2.75) is 32.3 Å². The van der Waals surface area contributed by atoms with Crippen molar-refractivity contribution in [3.8, 4) is 5.88 Å². The number of nitrogens with zero attached hydrogens (tertiary/aromatic N) is 5. The van der Waals surface area contributed by atoms with Crippen LogP contribution in [0.2, 0.25) is 0 Å². The van der Waals surface area contributed by atoms with Crippen LogP contribution in [0.5, 0.6) is 5.88 Å². The van der Waals surface area contributed by atoms with Gasteiger partial charge < -0.3 is 9.64 Å². The van der Waals surface area contributed by atoms with Gasteiger partial charge in [-0.3, -0.25) is 13.8 Å². The molecule has 1 saturated carbocycles. The fourth-order valence-electron chi connectivity index (χ4n) is 5.55. The molecule has 3 aromatic heterocycles. The molecule has 170 valence electrons. The Hall–Kier alpha value is -3.26. The van der Waals surface area contributed by atoms with E-state index in [-0.39, 0.29) is 17.5 Å². The van der Waals surface area contributed by atoms with Crippen LogP contribution in [0.15, 0.2) is 47.7 Å². The molecule has 0 unspecified atom stereocenters. The molecule has 2 fully saturated rings. The van der Waals surface area contributed by atoms with Gasteiger partial charge in [-0.2, -0.15) is 0 Å². The minimum Gasteiger partial charge on any atom is -0.475 e. The van der Waals surface area contributed by atoms with Gasteiger partial charge in [-0.25, -0.2) is 4.39 Å². The zero-order chi connectivity index (χ0) is 22.7. The molecule has 0 amide bonds. The van der Waals surface area contributed by atoms with E-state index in [0.717, 1.165) is 48.8 Å². The Labute approximate surface area is 190 Å². The predicted octanol–water partition coefficient (Wildman–Crippen LogP) is 3.11. The molecule has 0 radical (unpaired) electrons. The number of aryl methyl sites for hydroxylation is 1. The Morgan fingerprint density at radius 2 is 2.06 bits per heavy atom. The number of ether oxygens (including phenoxy) is 1. The van der Waals surface area contributed by atoms with Crippen LogP contribution in [0.4, 0.5) is 4.39 Å². The lowest BCUT2D eigenvalue weighted by molar-refractivity contribution is -0.120. The largest absolute Gasteiger partial charge is 0.475 e. The zero-order valence-electron chi connectivity index (χ0n) is 18.8. The van der Waals surface area contributed by atoms with Crippen molar-refractivity contribution in [3.63, 3.8) is 0 Å². The average molecular weight is 448 g/mol. The van der Waals surface area contributed by atoms with Gasteiger partial charge in [-0.15, -0.1) is 10.2 Å². The number of benzene rings is 1. The summed E-state index contributed by atoms with van der Waals surface area (Å²) in [5, 5.41) is 9.50. The third kappa shape index (κ3) is 3.40. The first-order valence-electron chi connectivity index (χ1n) is 11.4. The molecule has 0 N–H and O–H groups in total. The smallest absolute Gasteiger partial charge is 0.261 e. The standard InChI is InChI=1S/C25H26FN5O2/c1-16-4-3-5-18-9-22(29(2)24(32)23(16)18)33-19-10-25(11-19)13-30(14-25)7-6-17-8-21-28-27-15-31(21)12-20(17)26/h3-5,8-9,12,15,19H,6-7,10-11,13-14H2,1-2H3. The highest BCUT2D eigenvalue weighted by molar-refractivity contribution is 5.85. The molecular formula is C25H26FN5O2. The van der Waals surface area contributed by atoms with Gasteiger partial charge in [0.15, 0.2) is 11.5 Å². The minimum absolute atomic E-state index is 0.0130. The second kappa shape index (κ2) is 7.38. The molecule has 1 saturated heterocycles. The first kappa shape index (κ1) is 20.4. The van der Waals surface area contributed by atoms with Gasteiger partial charge in [0.25, 0.3) is 5.56 Å². The third-order valence-corrected chi connectivity index (χ3v) is 7.32. The highest BCUT2D eigenvalue weighted by Gasteiger charge is 2.53. The normalized spacial score (nSPS) is 18.0. The van der Waals surface area contributed by atoms with E-state index in [4.69, 9.17) is 4.74 Å². The van der Waals surface area contributed by atoms with Crippen molar-refractivity contribution in [1.82, 2.24) is 24.1 Å². The molecule has 4 heterocycles. The summed E-state index contributed by atoms with van der Waals surface area (Å²) in [6.45, 7) is 4.81. The van der Waals surface area contributed by atoms with Crippen molar-refractivity contribution in [2.75, 3.05) is 19.6 Å². The monoisotopic (exact) mass is 447 g/mol. The molecule has 1 aliphatic heterocycles. The van der Waals surface area contributed by atoms with Gasteiger partial charge in [0.05, 0.1) is 5.39 Å². The Bertz CT molecular complexity index is 1430. The van der Waals surface area contributed by atoms with Crippen LogP contribution in [0.1, 0.15) is 24.0 Å². The van der Waals surface area contributed by atoms with Crippen LogP contribution in [0.25, 0.3) is 16.4 Å². The summed E-state index contributed by atoms with van der Waals surface area (Å²) >= 11 is 0. The molecule has 0 bridgehead atoms. The molecule has 7 nitrogen and oxygen atoms in total. The van der Waals surface area contributed by atoms with Crippen molar-refractivity contribution >= 4 is 16.4 Å². The molecule has 1 aliphatic carbocycles. The van der Waals surface area contributed by atoms with E-state index in [9.17, 15) is 9.18 Å². The number of hydrogen-bond donors (Lipinski definition) is 0. The van der Waals surface area contributed by atoms with Crippen LogP contribution in [-0.2, 0) is 13.5 Å². The maximum absolute atomic E-state index is 14.3. The van der Waals surface area contributed by atoms with Crippen LogP contribution >= 0.6 is 0 Å². The van der Waals surface area contributed by atoms with E-state index in [1.54, 1.807) is 22.1 Å². The molecule has 1 spiro atoms. The lowest BCUT2D eigenvalue weighted by atomic mass is 9.61. The van der Waals surface area contributed by atoms with Crippen LogP contribution in [0, 0.1) is 18.2 Å². The Morgan fingerprint density at radius 3 is 2.88 bits per heavy atom. The lowest BCUT2D eigenvalue weighted by Gasteiger charge is -2.58. The van der Waals surface area contributed by atoms with E-state index in [1.165, 1.54) is 12.5 Å². The maximum atomic E-state index is 14.3. The lowest BCUT2D eigenvalue weighted by Crippen LogP contribution is -2.64. The van der Waals surface area contributed by atoms with E-state index in [2.05, 4.69) is 15.1 Å². The maximum Gasteiger partial charge on any atom is 0.261 e. The van der Waals surface area contributed by atoms with Gasteiger partial charge in [0, 0.05) is 44.4 Å².